The summed E-state index contributed by atoms with van der Waals surface area (Å²) in [7, 11) is 2.23. The summed E-state index contributed by atoms with van der Waals surface area (Å²) in [6.45, 7) is 5.07. The Bertz CT molecular complexity index is 173. The molecule has 0 rings (SSSR count). The van der Waals surface area contributed by atoms with Gasteiger partial charge in [0.25, 0.3) is 0 Å². The van der Waals surface area contributed by atoms with Crippen molar-refractivity contribution in [3.63, 3.8) is 0 Å². The van der Waals surface area contributed by atoms with Gasteiger partial charge in [0, 0.05) is 6.61 Å². The summed E-state index contributed by atoms with van der Waals surface area (Å²) >= 11 is 0. The molecule has 2 heteroatoms. The van der Waals surface area contributed by atoms with Crippen molar-refractivity contribution in [2.24, 2.45) is 0 Å². The van der Waals surface area contributed by atoms with Gasteiger partial charge in [0.15, 0.2) is 0 Å². The molecule has 0 bridgehead atoms. The highest BCUT2D eigenvalue weighted by Crippen LogP contribution is 2.10. The number of hydrogen-bond acceptors (Lipinski definition) is 2. The van der Waals surface area contributed by atoms with Gasteiger partial charge in [-0.15, -0.1) is 0 Å². The van der Waals surface area contributed by atoms with E-state index in [2.05, 4.69) is 18.9 Å². The molecule has 1 N–H and O–H groups in total. The summed E-state index contributed by atoms with van der Waals surface area (Å²) in [6, 6.07) is 0. The van der Waals surface area contributed by atoms with Crippen LogP contribution < -0.4 is 0 Å². The van der Waals surface area contributed by atoms with Crippen LogP contribution in [0.15, 0.2) is 0 Å². The van der Waals surface area contributed by atoms with Crippen LogP contribution in [0.1, 0.15) is 90.4 Å². The number of aliphatic hydroxyl groups is 1. The Morgan fingerprint density at radius 2 is 1.00 bits per heavy atom. The number of hydrogen-bond donors (Lipinski definition) is 1. The third kappa shape index (κ3) is 16.0. The van der Waals surface area contributed by atoms with Gasteiger partial charge < -0.3 is 10.0 Å². The lowest BCUT2D eigenvalue weighted by Crippen LogP contribution is -2.20. The standard InChI is InChI=1S/C18H39NO/c1-3-4-5-6-7-8-9-10-11-13-16-19(2)17-14-12-15-18-20/h20H,3-18H2,1-2H3. The molecule has 0 radical (unpaired) electrons. The van der Waals surface area contributed by atoms with E-state index < -0.39 is 0 Å². The van der Waals surface area contributed by atoms with Crippen molar-refractivity contribution in [2.45, 2.75) is 90.4 Å². The van der Waals surface area contributed by atoms with Crippen molar-refractivity contribution in [3.8, 4) is 0 Å². The molecule has 0 atom stereocenters. The van der Waals surface area contributed by atoms with Gasteiger partial charge in [-0.2, -0.15) is 0 Å². The molecule has 0 unspecified atom stereocenters. The van der Waals surface area contributed by atoms with Crippen LogP contribution >= 0.6 is 0 Å². The van der Waals surface area contributed by atoms with Crippen molar-refractivity contribution in [3.05, 3.63) is 0 Å². The van der Waals surface area contributed by atoms with Crippen LogP contribution in [0, 0.1) is 0 Å². The Morgan fingerprint density at radius 1 is 0.600 bits per heavy atom. The molecule has 0 saturated carbocycles. The second kappa shape index (κ2) is 17.0. The van der Waals surface area contributed by atoms with E-state index >= 15 is 0 Å². The zero-order valence-electron chi connectivity index (χ0n) is 14.2. The highest BCUT2D eigenvalue weighted by atomic mass is 16.2. The minimum atomic E-state index is 0.349. The molecule has 0 saturated heterocycles. The van der Waals surface area contributed by atoms with E-state index in [0.29, 0.717) is 6.61 Å². The molecule has 0 aliphatic carbocycles. The number of rotatable bonds is 16. The van der Waals surface area contributed by atoms with Gasteiger partial charge in [0.1, 0.15) is 0 Å². The first-order valence-corrected chi connectivity index (χ1v) is 9.10. The Balaban J connectivity index is 3.07. The smallest absolute Gasteiger partial charge is 0.0431 e. The van der Waals surface area contributed by atoms with E-state index in [1.807, 2.05) is 0 Å². The highest BCUT2D eigenvalue weighted by Gasteiger charge is 1.98. The topological polar surface area (TPSA) is 23.5 Å². The Hall–Kier alpha value is -0.0800. The average Bonchev–Trinajstić information content (AvgIpc) is 2.45. The summed E-state index contributed by atoms with van der Waals surface area (Å²) in [5, 5.41) is 8.72. The zero-order chi connectivity index (χ0) is 14.9. The largest absolute Gasteiger partial charge is 0.396 e. The molecular formula is C18H39NO. The normalized spacial score (nSPS) is 11.4. The Kier molecular flexibility index (Phi) is 16.9. The minimum absolute atomic E-state index is 0.349. The van der Waals surface area contributed by atoms with Gasteiger partial charge in [0.2, 0.25) is 0 Å². The van der Waals surface area contributed by atoms with Gasteiger partial charge >= 0.3 is 0 Å². The van der Waals surface area contributed by atoms with E-state index in [0.717, 1.165) is 6.42 Å². The fourth-order valence-electron chi connectivity index (χ4n) is 2.65. The molecule has 0 fully saturated rings. The molecule has 0 aromatic carbocycles. The minimum Gasteiger partial charge on any atom is -0.396 e. The molecule has 20 heavy (non-hydrogen) atoms. The molecule has 0 spiro atoms. The van der Waals surface area contributed by atoms with Crippen molar-refractivity contribution in [2.75, 3.05) is 26.7 Å². The highest BCUT2D eigenvalue weighted by molar-refractivity contribution is 4.54. The number of aliphatic hydroxyl groups excluding tert-OH is 1. The monoisotopic (exact) mass is 285 g/mol. The maximum atomic E-state index is 8.72. The Labute approximate surface area is 127 Å². The lowest BCUT2D eigenvalue weighted by Gasteiger charge is -2.16. The van der Waals surface area contributed by atoms with Crippen LogP contribution in [0.25, 0.3) is 0 Å². The molecule has 0 aliphatic heterocycles. The van der Waals surface area contributed by atoms with Crippen molar-refractivity contribution < 1.29 is 5.11 Å². The molecule has 0 heterocycles. The average molecular weight is 286 g/mol. The molecule has 0 amide bonds. The molecule has 0 aromatic heterocycles. The molecule has 2 nitrogen and oxygen atoms in total. The third-order valence-corrected chi connectivity index (χ3v) is 4.09. The predicted octanol–water partition coefficient (Wildman–Crippen LogP) is 5.00. The van der Waals surface area contributed by atoms with Crippen LogP contribution in [0.3, 0.4) is 0 Å². The van der Waals surface area contributed by atoms with Gasteiger partial charge in [-0.1, -0.05) is 64.7 Å². The van der Waals surface area contributed by atoms with Crippen LogP contribution in [-0.4, -0.2) is 36.8 Å². The molecule has 0 aliphatic rings. The zero-order valence-corrected chi connectivity index (χ0v) is 14.2. The summed E-state index contributed by atoms with van der Waals surface area (Å²) in [6.07, 6.45) is 17.5. The number of nitrogens with zero attached hydrogens (tertiary/aromatic N) is 1. The van der Waals surface area contributed by atoms with Gasteiger partial charge in [0.05, 0.1) is 0 Å². The fraction of sp³-hybridized carbons (Fsp3) is 1.00. The van der Waals surface area contributed by atoms with Gasteiger partial charge in [-0.3, -0.25) is 0 Å². The quantitative estimate of drug-likeness (QED) is 0.403. The molecule has 0 aromatic rings. The van der Waals surface area contributed by atoms with Crippen molar-refractivity contribution >= 4 is 0 Å². The molecule has 122 valence electrons. The predicted molar refractivity (Wildman–Crippen MR) is 90.3 cm³/mol. The summed E-state index contributed by atoms with van der Waals surface area (Å²) in [4.78, 5) is 2.45. The van der Waals surface area contributed by atoms with Gasteiger partial charge in [-0.25, -0.2) is 0 Å². The first-order chi connectivity index (χ1) is 9.81. The molecular weight excluding hydrogens is 246 g/mol. The van der Waals surface area contributed by atoms with Crippen molar-refractivity contribution in [1.82, 2.24) is 4.90 Å². The Morgan fingerprint density at radius 3 is 1.45 bits per heavy atom. The first kappa shape index (κ1) is 19.9. The second-order valence-corrected chi connectivity index (χ2v) is 6.27. The summed E-state index contributed by atoms with van der Waals surface area (Å²) < 4.78 is 0. The summed E-state index contributed by atoms with van der Waals surface area (Å²) in [5.74, 6) is 0. The van der Waals surface area contributed by atoms with Gasteiger partial charge in [-0.05, 0) is 45.8 Å². The van der Waals surface area contributed by atoms with Crippen LogP contribution in [-0.2, 0) is 0 Å². The summed E-state index contributed by atoms with van der Waals surface area (Å²) in [5.41, 5.74) is 0. The lowest BCUT2D eigenvalue weighted by molar-refractivity contribution is 0.271. The third-order valence-electron chi connectivity index (χ3n) is 4.09. The maximum Gasteiger partial charge on any atom is 0.0431 e. The lowest BCUT2D eigenvalue weighted by atomic mass is 10.1. The van der Waals surface area contributed by atoms with E-state index in [1.54, 1.807) is 0 Å². The van der Waals surface area contributed by atoms with E-state index in [-0.39, 0.29) is 0 Å². The fourth-order valence-corrected chi connectivity index (χ4v) is 2.65. The van der Waals surface area contributed by atoms with Crippen LogP contribution in [0.2, 0.25) is 0 Å². The van der Waals surface area contributed by atoms with E-state index in [9.17, 15) is 0 Å². The van der Waals surface area contributed by atoms with E-state index in [1.165, 1.54) is 90.1 Å². The van der Waals surface area contributed by atoms with Crippen LogP contribution in [0.5, 0.6) is 0 Å². The van der Waals surface area contributed by atoms with Crippen molar-refractivity contribution in [1.29, 1.82) is 0 Å². The SMILES string of the molecule is CCCCCCCCCCCCN(C)CCCCCO. The van der Waals surface area contributed by atoms with E-state index in [4.69, 9.17) is 5.11 Å². The maximum absolute atomic E-state index is 8.72. The second-order valence-electron chi connectivity index (χ2n) is 6.27. The first-order valence-electron chi connectivity index (χ1n) is 9.10. The van der Waals surface area contributed by atoms with Crippen LogP contribution in [0.4, 0.5) is 0 Å². The number of unbranched alkanes of at least 4 members (excludes halogenated alkanes) is 11.